The molecule has 0 aliphatic carbocycles. The lowest BCUT2D eigenvalue weighted by Crippen LogP contribution is -2.31. The zero-order valence-corrected chi connectivity index (χ0v) is 17.4. The number of halogens is 1. The molecule has 150 valence electrons. The fourth-order valence-corrected chi connectivity index (χ4v) is 2.64. The predicted molar refractivity (Wildman–Crippen MR) is 112 cm³/mol. The van der Waals surface area contributed by atoms with Gasteiger partial charge in [0, 0.05) is 4.47 Å². The van der Waals surface area contributed by atoms with Gasteiger partial charge in [0.15, 0.2) is 17.6 Å². The highest BCUT2D eigenvalue weighted by Crippen LogP contribution is 2.28. The Bertz CT molecular complexity index is 899. The number of benzene rings is 2. The van der Waals surface area contributed by atoms with Crippen LogP contribution in [0.15, 0.2) is 46.9 Å². The van der Waals surface area contributed by atoms with E-state index < -0.39 is 12.0 Å². The van der Waals surface area contributed by atoms with Crippen molar-refractivity contribution in [2.75, 3.05) is 20.3 Å². The number of rotatable bonds is 10. The van der Waals surface area contributed by atoms with Gasteiger partial charge in [-0.2, -0.15) is 0 Å². The molecule has 1 atom stereocenters. The lowest BCUT2D eigenvalue weighted by atomic mass is 10.1. The highest BCUT2D eigenvalue weighted by molar-refractivity contribution is 9.10. The molecule has 0 aromatic heterocycles. The fourth-order valence-electron chi connectivity index (χ4n) is 2.38. The summed E-state index contributed by atoms with van der Waals surface area (Å²) in [6.07, 6.45) is 9.55. The van der Waals surface area contributed by atoms with E-state index in [1.807, 2.05) is 12.1 Å². The number of hydroxylamine groups is 1. The third-order valence-corrected chi connectivity index (χ3v) is 4.22. The lowest BCUT2D eigenvalue weighted by Gasteiger charge is -2.17. The zero-order chi connectivity index (χ0) is 21.1. The molecule has 7 heteroatoms. The van der Waals surface area contributed by atoms with Crippen LogP contribution in [0.2, 0.25) is 0 Å². The van der Waals surface area contributed by atoms with Crippen molar-refractivity contribution < 1.29 is 23.8 Å². The molecular formula is C22H20BrNO5. The number of carbonyl (C=O) groups is 1. The molecule has 1 amide bonds. The smallest absolute Gasteiger partial charge is 0.277 e. The number of methoxy groups -OCH3 is 1. The number of nitrogens with one attached hydrogen (secondary N) is 1. The van der Waals surface area contributed by atoms with Gasteiger partial charge >= 0.3 is 0 Å². The van der Waals surface area contributed by atoms with Gasteiger partial charge < -0.3 is 14.2 Å². The standard InChI is InChI=1S/C22H20BrNO5/c1-4-12-27-19-11-6-16(14-20(19)26-3)15-29-24-22(25)21(28-13-5-2)17-7-9-18(23)10-8-17/h1-2,6-11,14,21H,12-13,15H2,3H3,(H,24,25). The van der Waals surface area contributed by atoms with E-state index in [-0.39, 0.29) is 19.8 Å². The van der Waals surface area contributed by atoms with Crippen LogP contribution in [0.5, 0.6) is 11.5 Å². The van der Waals surface area contributed by atoms with Crippen LogP contribution in [0.4, 0.5) is 0 Å². The summed E-state index contributed by atoms with van der Waals surface area (Å²) in [5.74, 6) is 5.32. The Morgan fingerprint density at radius 2 is 1.83 bits per heavy atom. The van der Waals surface area contributed by atoms with Gasteiger partial charge in [-0.3, -0.25) is 9.63 Å². The Labute approximate surface area is 178 Å². The van der Waals surface area contributed by atoms with Crippen molar-refractivity contribution in [2.45, 2.75) is 12.7 Å². The average molecular weight is 458 g/mol. The lowest BCUT2D eigenvalue weighted by molar-refractivity contribution is -0.146. The van der Waals surface area contributed by atoms with Crippen molar-refractivity contribution in [3.63, 3.8) is 0 Å². The fraction of sp³-hybridized carbons (Fsp3) is 0.227. The number of amides is 1. The summed E-state index contributed by atoms with van der Waals surface area (Å²) in [6, 6.07) is 12.4. The van der Waals surface area contributed by atoms with E-state index >= 15 is 0 Å². The minimum absolute atomic E-state index is 0.00946. The third-order valence-electron chi connectivity index (χ3n) is 3.69. The maximum Gasteiger partial charge on any atom is 0.277 e. The molecule has 1 unspecified atom stereocenters. The minimum atomic E-state index is -0.895. The van der Waals surface area contributed by atoms with Gasteiger partial charge in [0.05, 0.1) is 13.7 Å². The second-order valence-corrected chi connectivity index (χ2v) is 6.60. The molecule has 0 spiro atoms. The average Bonchev–Trinajstić information content (AvgIpc) is 2.74. The Kier molecular flexibility index (Phi) is 9.07. The van der Waals surface area contributed by atoms with Crippen molar-refractivity contribution in [3.05, 3.63) is 58.1 Å². The SMILES string of the molecule is C#CCOc1ccc(CONC(=O)C(OCC#C)c2ccc(Br)cc2)cc1OC. The Morgan fingerprint density at radius 3 is 2.48 bits per heavy atom. The first-order chi connectivity index (χ1) is 14.1. The Morgan fingerprint density at radius 1 is 1.10 bits per heavy atom. The second kappa shape index (κ2) is 11.8. The van der Waals surface area contributed by atoms with Gasteiger partial charge in [-0.25, -0.2) is 5.48 Å². The van der Waals surface area contributed by atoms with Gasteiger partial charge in [-0.15, -0.1) is 12.8 Å². The zero-order valence-electron chi connectivity index (χ0n) is 15.8. The Hall–Kier alpha value is -2.97. The minimum Gasteiger partial charge on any atom is -0.493 e. The molecule has 0 aliphatic heterocycles. The first-order valence-electron chi connectivity index (χ1n) is 8.54. The maximum absolute atomic E-state index is 12.5. The molecule has 1 N–H and O–H groups in total. The van der Waals surface area contributed by atoms with E-state index in [4.69, 9.17) is 31.9 Å². The highest BCUT2D eigenvalue weighted by atomic mass is 79.9. The van der Waals surface area contributed by atoms with Crippen LogP contribution in [0.3, 0.4) is 0 Å². The summed E-state index contributed by atoms with van der Waals surface area (Å²) < 4.78 is 17.0. The molecule has 0 saturated carbocycles. The first kappa shape index (κ1) is 22.3. The van der Waals surface area contributed by atoms with E-state index in [1.54, 1.807) is 30.3 Å². The predicted octanol–water partition coefficient (Wildman–Crippen LogP) is 3.41. The molecule has 0 saturated heterocycles. The van der Waals surface area contributed by atoms with E-state index in [1.165, 1.54) is 7.11 Å². The molecule has 6 nitrogen and oxygen atoms in total. The van der Waals surface area contributed by atoms with Gasteiger partial charge in [0.1, 0.15) is 13.2 Å². The normalized spacial score (nSPS) is 11.0. The van der Waals surface area contributed by atoms with Crippen molar-refractivity contribution >= 4 is 21.8 Å². The van der Waals surface area contributed by atoms with Gasteiger partial charge in [-0.05, 0) is 35.4 Å². The molecular weight excluding hydrogens is 438 g/mol. The van der Waals surface area contributed by atoms with Gasteiger partial charge in [-0.1, -0.05) is 46.0 Å². The summed E-state index contributed by atoms with van der Waals surface area (Å²) in [5, 5.41) is 0. The first-order valence-corrected chi connectivity index (χ1v) is 9.33. The van der Waals surface area contributed by atoms with Crippen LogP contribution in [-0.4, -0.2) is 26.2 Å². The van der Waals surface area contributed by atoms with Crippen LogP contribution < -0.4 is 15.0 Å². The molecule has 0 radical (unpaired) electrons. The second-order valence-electron chi connectivity index (χ2n) is 5.68. The molecule has 0 bridgehead atoms. The van der Waals surface area contributed by atoms with Crippen LogP contribution in [0.1, 0.15) is 17.2 Å². The van der Waals surface area contributed by atoms with Crippen molar-refractivity contribution in [3.8, 4) is 36.2 Å². The quantitative estimate of drug-likeness (QED) is 0.437. The largest absolute Gasteiger partial charge is 0.493 e. The van der Waals surface area contributed by atoms with E-state index in [2.05, 4.69) is 33.3 Å². The van der Waals surface area contributed by atoms with Crippen molar-refractivity contribution in [1.82, 2.24) is 5.48 Å². The van der Waals surface area contributed by atoms with Crippen LogP contribution in [0.25, 0.3) is 0 Å². The molecule has 0 fully saturated rings. The summed E-state index contributed by atoms with van der Waals surface area (Å²) in [6.45, 7) is 0.238. The molecule has 0 aliphatic rings. The van der Waals surface area contributed by atoms with E-state index in [0.717, 1.165) is 10.0 Å². The molecule has 2 rings (SSSR count). The highest BCUT2D eigenvalue weighted by Gasteiger charge is 2.21. The molecule has 29 heavy (non-hydrogen) atoms. The van der Waals surface area contributed by atoms with Crippen LogP contribution in [0, 0.1) is 24.7 Å². The molecule has 0 heterocycles. The van der Waals surface area contributed by atoms with Crippen molar-refractivity contribution in [1.29, 1.82) is 0 Å². The monoisotopic (exact) mass is 457 g/mol. The maximum atomic E-state index is 12.5. The number of terminal acetylenes is 2. The van der Waals surface area contributed by atoms with E-state index in [9.17, 15) is 4.79 Å². The van der Waals surface area contributed by atoms with E-state index in [0.29, 0.717) is 17.1 Å². The van der Waals surface area contributed by atoms with Gasteiger partial charge in [0.2, 0.25) is 0 Å². The number of hydrogen-bond donors (Lipinski definition) is 1. The summed E-state index contributed by atoms with van der Waals surface area (Å²) in [4.78, 5) is 17.9. The number of ether oxygens (including phenoxy) is 3. The molecule has 2 aromatic carbocycles. The summed E-state index contributed by atoms with van der Waals surface area (Å²) in [5.41, 5.74) is 3.81. The van der Waals surface area contributed by atoms with Gasteiger partial charge in [0.25, 0.3) is 5.91 Å². The topological polar surface area (TPSA) is 66.0 Å². The van der Waals surface area contributed by atoms with Crippen molar-refractivity contribution in [2.24, 2.45) is 0 Å². The third kappa shape index (κ3) is 6.85. The van der Waals surface area contributed by atoms with Crippen LogP contribution >= 0.6 is 15.9 Å². The number of carbonyl (C=O) groups excluding carboxylic acids is 1. The van der Waals surface area contributed by atoms with Crippen LogP contribution in [-0.2, 0) is 21.0 Å². The summed E-state index contributed by atoms with van der Waals surface area (Å²) >= 11 is 3.36. The number of hydrogen-bond acceptors (Lipinski definition) is 5. The summed E-state index contributed by atoms with van der Waals surface area (Å²) in [7, 11) is 1.52. The Balaban J connectivity index is 1.98. The molecule has 2 aromatic rings.